The second kappa shape index (κ2) is 24.4. The zero-order valence-electron chi connectivity index (χ0n) is 53.7. The molecule has 0 saturated carbocycles. The van der Waals surface area contributed by atoms with Crippen molar-refractivity contribution in [3.05, 3.63) is 334 Å². The molecule has 0 aliphatic rings. The summed E-state index contributed by atoms with van der Waals surface area (Å²) in [7, 11) is 0. The van der Waals surface area contributed by atoms with Gasteiger partial charge in [-0.3, -0.25) is 0 Å². The molecule has 0 radical (unpaired) electrons. The molecular formula is C86H80N2S. The predicted molar refractivity (Wildman–Crippen MR) is 383 cm³/mol. The maximum Gasteiger partial charge on any atom is 0.113 e. The summed E-state index contributed by atoms with van der Waals surface area (Å²) in [4.78, 5) is 0. The van der Waals surface area contributed by atoms with E-state index in [0.717, 1.165) is 55.5 Å². The summed E-state index contributed by atoms with van der Waals surface area (Å²) >= 11 is 1.27. The molecule has 0 N–H and O–H groups in total. The number of hydrogen-bond acceptors (Lipinski definition) is 3. The normalized spacial score (nSPS) is 12.0. The zero-order valence-corrected chi connectivity index (χ0v) is 54.5. The number of rotatable bonds is 12. The minimum atomic E-state index is 0.0515. The van der Waals surface area contributed by atoms with Gasteiger partial charge < -0.3 is 0 Å². The Morgan fingerprint density at radius 2 is 0.404 bits per heavy atom. The molecule has 12 rings (SSSR count). The van der Waals surface area contributed by atoms with Crippen LogP contribution in [0.3, 0.4) is 0 Å². The van der Waals surface area contributed by atoms with Gasteiger partial charge in [-0.2, -0.15) is 8.75 Å². The fraction of sp³-hybridized carbons (Fsp3) is 0.186. The standard InChI is InChI=1S/C86H80N2S/c1-83(2,3)71-47-39-67(40-48-71)79(68-41-49-72(50-42-68)84(4,5)6)77(63-19-15-13-16-20-63)65-35-27-59(28-36-65)57-23-31-61(32-24-57)75-55-56-76(82-81(75)87-89-88-82)62-33-25-58(26-34-62)60-29-37-66(38-30-60)78(64-21-17-14-18-22-64)80(69-43-51-73(52-44-69)85(7,8)9)70-45-53-74(54-46-70)86(10,11)12/h13-56H,1-12H3. The number of hydrogen-bond donors (Lipinski definition) is 0. The monoisotopic (exact) mass is 1170 g/mol. The van der Waals surface area contributed by atoms with Crippen LogP contribution >= 0.6 is 11.7 Å². The van der Waals surface area contributed by atoms with Gasteiger partial charge in [-0.25, -0.2) is 0 Å². The summed E-state index contributed by atoms with van der Waals surface area (Å²) in [6, 6.07) is 99.1. The van der Waals surface area contributed by atoms with E-state index in [9.17, 15) is 0 Å². The highest BCUT2D eigenvalue weighted by Gasteiger charge is 2.24. The van der Waals surface area contributed by atoms with E-state index in [4.69, 9.17) is 8.75 Å². The lowest BCUT2D eigenvalue weighted by Crippen LogP contribution is -2.11. The molecule has 0 bridgehead atoms. The summed E-state index contributed by atoms with van der Waals surface area (Å²) in [6.07, 6.45) is 0. The third kappa shape index (κ3) is 12.9. The van der Waals surface area contributed by atoms with Gasteiger partial charge in [-0.15, -0.1) is 0 Å². The summed E-state index contributed by atoms with van der Waals surface area (Å²) in [5, 5.41) is 0. The number of nitrogens with zero attached hydrogens (tertiary/aromatic N) is 2. The zero-order chi connectivity index (χ0) is 62.2. The van der Waals surface area contributed by atoms with Gasteiger partial charge in [0.2, 0.25) is 0 Å². The SMILES string of the molecule is CC(C)(C)c1ccc(C(=C(c2ccccc2)c2ccc(-c3ccc(-c4ccc(-c5ccc(-c6ccc(C(=C(c7ccc(C(C)(C)C)cc7)c7ccc(C(C)(C)C)cc7)c7ccccc7)cc6)cc5)c5nsnc45)cc3)cc2)c2ccc(C(C)(C)C)cc2)cc1. The highest BCUT2D eigenvalue weighted by atomic mass is 32.1. The van der Waals surface area contributed by atoms with Crippen molar-refractivity contribution in [1.29, 1.82) is 0 Å². The van der Waals surface area contributed by atoms with Gasteiger partial charge in [0, 0.05) is 11.1 Å². The van der Waals surface area contributed by atoms with Crippen LogP contribution in [-0.4, -0.2) is 8.75 Å². The van der Waals surface area contributed by atoms with Crippen LogP contribution in [0.1, 0.15) is 150 Å². The Morgan fingerprint density at radius 1 is 0.213 bits per heavy atom. The van der Waals surface area contributed by atoms with Crippen molar-refractivity contribution in [2.75, 3.05) is 0 Å². The van der Waals surface area contributed by atoms with Crippen LogP contribution in [0.2, 0.25) is 0 Å². The summed E-state index contributed by atoms with van der Waals surface area (Å²) in [5.74, 6) is 0. The van der Waals surface area contributed by atoms with Crippen molar-refractivity contribution in [2.24, 2.45) is 0 Å². The van der Waals surface area contributed by atoms with Crippen molar-refractivity contribution < 1.29 is 0 Å². The van der Waals surface area contributed by atoms with Gasteiger partial charge in [0.05, 0.1) is 11.7 Å². The van der Waals surface area contributed by atoms with Crippen LogP contribution in [0.5, 0.6) is 0 Å². The lowest BCUT2D eigenvalue weighted by molar-refractivity contribution is 0.590. The maximum atomic E-state index is 4.91. The Labute approximate surface area is 533 Å². The second-order valence-corrected chi connectivity index (χ2v) is 28.5. The van der Waals surface area contributed by atoms with Gasteiger partial charge in [0.25, 0.3) is 0 Å². The maximum absolute atomic E-state index is 4.91. The largest absolute Gasteiger partial charge is 0.172 e. The van der Waals surface area contributed by atoms with E-state index in [1.807, 2.05) is 0 Å². The van der Waals surface area contributed by atoms with Crippen LogP contribution < -0.4 is 0 Å². The molecule has 1 aromatic heterocycles. The molecule has 0 aliphatic carbocycles. The first kappa shape index (κ1) is 60.0. The summed E-state index contributed by atoms with van der Waals surface area (Å²) < 4.78 is 9.82. The first-order chi connectivity index (χ1) is 42.7. The first-order valence-electron chi connectivity index (χ1n) is 31.4. The van der Waals surface area contributed by atoms with E-state index in [0.29, 0.717) is 0 Å². The summed E-state index contributed by atoms with van der Waals surface area (Å²) in [6.45, 7) is 27.3. The Balaban J connectivity index is 0.825. The van der Waals surface area contributed by atoms with Crippen molar-refractivity contribution in [3.8, 4) is 44.5 Å². The third-order valence-corrected chi connectivity index (χ3v) is 18.1. The molecule has 440 valence electrons. The van der Waals surface area contributed by atoms with Crippen LogP contribution in [0.4, 0.5) is 0 Å². The lowest BCUT2D eigenvalue weighted by atomic mass is 9.81. The molecule has 11 aromatic carbocycles. The smallest absolute Gasteiger partial charge is 0.113 e. The number of aromatic nitrogens is 2. The quantitative estimate of drug-likeness (QED) is 0.114. The van der Waals surface area contributed by atoms with Crippen molar-refractivity contribution >= 4 is 45.1 Å². The fourth-order valence-electron chi connectivity index (χ4n) is 12.3. The van der Waals surface area contributed by atoms with Gasteiger partial charge in [0.1, 0.15) is 11.0 Å². The molecule has 3 heteroatoms. The molecule has 2 nitrogen and oxygen atoms in total. The molecule has 89 heavy (non-hydrogen) atoms. The molecule has 12 aromatic rings. The molecule has 0 fully saturated rings. The Kier molecular flexibility index (Phi) is 16.4. The predicted octanol–water partition coefficient (Wildman–Crippen LogP) is 23.6. The van der Waals surface area contributed by atoms with Gasteiger partial charge in [0.15, 0.2) is 0 Å². The average Bonchev–Trinajstić information content (AvgIpc) is 1.91. The Morgan fingerprint density at radius 3 is 0.629 bits per heavy atom. The third-order valence-electron chi connectivity index (χ3n) is 17.6. The molecule has 0 spiro atoms. The molecular weight excluding hydrogens is 1090 g/mol. The van der Waals surface area contributed by atoms with E-state index < -0.39 is 0 Å². The minimum Gasteiger partial charge on any atom is -0.172 e. The molecule has 1 heterocycles. The fourth-order valence-corrected chi connectivity index (χ4v) is 12.8. The molecule has 0 amide bonds. The average molecular weight is 1170 g/mol. The minimum absolute atomic E-state index is 0.0515. The topological polar surface area (TPSA) is 25.8 Å². The van der Waals surface area contributed by atoms with Crippen LogP contribution in [-0.2, 0) is 21.7 Å². The van der Waals surface area contributed by atoms with Gasteiger partial charge in [-0.1, -0.05) is 350 Å². The van der Waals surface area contributed by atoms with E-state index in [-0.39, 0.29) is 21.7 Å². The van der Waals surface area contributed by atoms with E-state index >= 15 is 0 Å². The van der Waals surface area contributed by atoms with E-state index in [1.54, 1.807) is 0 Å². The number of benzene rings is 11. The van der Waals surface area contributed by atoms with Crippen molar-refractivity contribution in [3.63, 3.8) is 0 Å². The van der Waals surface area contributed by atoms with Crippen molar-refractivity contribution in [1.82, 2.24) is 8.75 Å². The first-order valence-corrected chi connectivity index (χ1v) is 32.1. The van der Waals surface area contributed by atoms with Crippen LogP contribution in [0.15, 0.2) is 267 Å². The summed E-state index contributed by atoms with van der Waals surface area (Å²) in [5.41, 5.74) is 30.6. The lowest BCUT2D eigenvalue weighted by Gasteiger charge is -2.23. The molecule has 0 aliphatic heterocycles. The van der Waals surface area contributed by atoms with E-state index in [2.05, 4.69) is 350 Å². The number of fused-ring (bicyclic) bond motifs is 1. The second-order valence-electron chi connectivity index (χ2n) is 28.0. The highest BCUT2D eigenvalue weighted by Crippen LogP contribution is 2.43. The molecule has 0 saturated heterocycles. The molecule has 0 unspecified atom stereocenters. The Bertz CT molecular complexity index is 4070. The van der Waals surface area contributed by atoms with Gasteiger partial charge >= 0.3 is 0 Å². The van der Waals surface area contributed by atoms with Crippen LogP contribution in [0, 0.1) is 0 Å². The molecule has 0 atom stereocenters. The van der Waals surface area contributed by atoms with E-state index in [1.165, 1.54) is 101 Å². The van der Waals surface area contributed by atoms with Gasteiger partial charge in [-0.05, 0) is 144 Å². The Hall–Kier alpha value is -9.28. The van der Waals surface area contributed by atoms with Crippen molar-refractivity contribution in [2.45, 2.75) is 105 Å². The van der Waals surface area contributed by atoms with Crippen LogP contribution in [0.25, 0.3) is 77.8 Å². The highest BCUT2D eigenvalue weighted by molar-refractivity contribution is 7.00.